The Bertz CT molecular complexity index is 90.5. The van der Waals surface area contributed by atoms with Crippen LogP contribution in [0.1, 0.15) is 6.42 Å². The van der Waals surface area contributed by atoms with E-state index in [0.717, 1.165) is 0 Å². The Balaban J connectivity index is 2.44. The number of nitrogens with two attached hydrogens (primary N) is 1. The summed E-state index contributed by atoms with van der Waals surface area (Å²) >= 11 is 0. The van der Waals surface area contributed by atoms with Crippen molar-refractivity contribution in [3.63, 3.8) is 0 Å². The normalized spacial score (nSPS) is 39.6. The minimum atomic E-state index is -0.220. The summed E-state index contributed by atoms with van der Waals surface area (Å²) in [5, 5.41) is 0. The van der Waals surface area contributed by atoms with Crippen LogP contribution in [-0.4, -0.2) is 30.1 Å². The lowest BCUT2D eigenvalue weighted by molar-refractivity contribution is 0.759. The third-order valence-corrected chi connectivity index (χ3v) is 4.38. The van der Waals surface area contributed by atoms with Crippen LogP contribution >= 0.6 is 10.0 Å². The van der Waals surface area contributed by atoms with Crippen molar-refractivity contribution < 1.29 is 0 Å². The Hall–Kier alpha value is 0.310. The van der Waals surface area contributed by atoms with Gasteiger partial charge in [-0.3, -0.25) is 0 Å². The lowest BCUT2D eigenvalue weighted by Crippen LogP contribution is -2.19. The van der Waals surface area contributed by atoms with E-state index in [-0.39, 0.29) is 10.0 Å². The molecule has 1 nitrogen and oxygen atoms in total. The Labute approximate surface area is 53.0 Å². The summed E-state index contributed by atoms with van der Waals surface area (Å²) in [5.74, 6) is 2.70. The molecule has 0 radical (unpaired) electrons. The molecule has 2 N–H and O–H groups in total. The van der Waals surface area contributed by atoms with Gasteiger partial charge in [-0.1, -0.05) is 0 Å². The molecule has 2 heteroatoms. The van der Waals surface area contributed by atoms with E-state index in [9.17, 15) is 0 Å². The highest BCUT2D eigenvalue weighted by Gasteiger charge is 2.23. The van der Waals surface area contributed by atoms with Crippen molar-refractivity contribution in [2.45, 2.75) is 12.5 Å². The molecule has 50 valence electrons. The van der Waals surface area contributed by atoms with Crippen molar-refractivity contribution in [3.05, 3.63) is 0 Å². The summed E-state index contributed by atoms with van der Waals surface area (Å²) in [6.07, 6.45) is 6.02. The fourth-order valence-corrected chi connectivity index (χ4v) is 3.65. The molecule has 1 rings (SSSR count). The minimum absolute atomic E-state index is 0.220. The van der Waals surface area contributed by atoms with Crippen LogP contribution in [0.4, 0.5) is 0 Å². The first-order valence-corrected chi connectivity index (χ1v) is 5.83. The fourth-order valence-electron chi connectivity index (χ4n) is 1.22. The van der Waals surface area contributed by atoms with Crippen molar-refractivity contribution in [1.29, 1.82) is 0 Å². The topological polar surface area (TPSA) is 26.0 Å². The molecule has 1 heterocycles. The van der Waals surface area contributed by atoms with Gasteiger partial charge in [0.05, 0.1) is 0 Å². The lowest BCUT2D eigenvalue weighted by Gasteiger charge is -2.23. The van der Waals surface area contributed by atoms with Crippen molar-refractivity contribution in [1.82, 2.24) is 0 Å². The highest BCUT2D eigenvalue weighted by molar-refractivity contribution is 8.32. The predicted molar refractivity (Wildman–Crippen MR) is 41.8 cm³/mol. The minimum Gasteiger partial charge on any atom is -0.327 e. The van der Waals surface area contributed by atoms with E-state index in [4.69, 9.17) is 5.73 Å². The van der Waals surface area contributed by atoms with E-state index in [1.54, 1.807) is 0 Å². The predicted octanol–water partition coefficient (Wildman–Crippen LogP) is 0.782. The molecule has 1 saturated heterocycles. The molecule has 0 aromatic heterocycles. The van der Waals surface area contributed by atoms with Gasteiger partial charge in [0.15, 0.2) is 0 Å². The molecule has 0 aliphatic carbocycles. The van der Waals surface area contributed by atoms with Crippen LogP contribution in [0.2, 0.25) is 0 Å². The van der Waals surface area contributed by atoms with Crippen LogP contribution in [0.5, 0.6) is 0 Å². The molecule has 0 aromatic carbocycles. The molecule has 1 aliphatic rings. The second kappa shape index (κ2) is 1.92. The number of rotatable bonds is 0. The fraction of sp³-hybridized carbons (Fsp3) is 1.00. The molecule has 1 unspecified atom stereocenters. The monoisotopic (exact) mass is 133 g/mol. The van der Waals surface area contributed by atoms with Gasteiger partial charge in [0.1, 0.15) is 0 Å². The van der Waals surface area contributed by atoms with Crippen LogP contribution < -0.4 is 5.73 Å². The van der Waals surface area contributed by atoms with E-state index < -0.39 is 0 Å². The molecule has 1 fully saturated rings. The van der Waals surface area contributed by atoms with Crippen LogP contribution in [0, 0.1) is 0 Å². The van der Waals surface area contributed by atoms with Crippen molar-refractivity contribution in [2.75, 3.05) is 24.0 Å². The molecule has 0 spiro atoms. The first-order chi connectivity index (χ1) is 3.60. The average molecular weight is 133 g/mol. The summed E-state index contributed by atoms with van der Waals surface area (Å²) in [5.41, 5.74) is 5.73. The van der Waals surface area contributed by atoms with Gasteiger partial charge in [-0.15, -0.1) is 0 Å². The van der Waals surface area contributed by atoms with Crippen LogP contribution in [0.25, 0.3) is 0 Å². The maximum atomic E-state index is 5.73. The van der Waals surface area contributed by atoms with Gasteiger partial charge in [-0.2, -0.15) is 0 Å². The highest BCUT2D eigenvalue weighted by Crippen LogP contribution is 2.45. The van der Waals surface area contributed by atoms with Gasteiger partial charge in [0, 0.05) is 6.04 Å². The van der Waals surface area contributed by atoms with Crippen LogP contribution in [0.3, 0.4) is 0 Å². The van der Waals surface area contributed by atoms with E-state index >= 15 is 0 Å². The van der Waals surface area contributed by atoms with Crippen molar-refractivity contribution in [3.8, 4) is 0 Å². The smallest absolute Gasteiger partial charge is 0.0122 e. The van der Waals surface area contributed by atoms with Gasteiger partial charge >= 0.3 is 0 Å². The summed E-state index contributed by atoms with van der Waals surface area (Å²) in [4.78, 5) is 0. The zero-order chi connectivity index (χ0) is 6.20. The van der Waals surface area contributed by atoms with E-state index in [1.807, 2.05) is 0 Å². The largest absolute Gasteiger partial charge is 0.327 e. The molecule has 1 atom stereocenters. The summed E-state index contributed by atoms with van der Waals surface area (Å²) in [6.45, 7) is 0. The Morgan fingerprint density at radius 1 is 1.50 bits per heavy atom. The number of hydrogen-bond acceptors (Lipinski definition) is 1. The third kappa shape index (κ3) is 1.39. The van der Waals surface area contributed by atoms with Gasteiger partial charge in [0.2, 0.25) is 0 Å². The molecular formula is C6H15NS. The Kier molecular flexibility index (Phi) is 1.54. The third-order valence-electron chi connectivity index (χ3n) is 1.71. The van der Waals surface area contributed by atoms with Crippen LogP contribution in [-0.2, 0) is 0 Å². The van der Waals surface area contributed by atoms with Crippen LogP contribution in [0.15, 0.2) is 0 Å². The zero-order valence-electron chi connectivity index (χ0n) is 5.68. The SMILES string of the molecule is CS1(C)CCC(N)C1. The van der Waals surface area contributed by atoms with Crippen molar-refractivity contribution in [2.24, 2.45) is 5.73 Å². The Morgan fingerprint density at radius 3 is 2.25 bits per heavy atom. The second-order valence-electron chi connectivity index (χ2n) is 3.19. The Morgan fingerprint density at radius 2 is 2.12 bits per heavy atom. The summed E-state index contributed by atoms with van der Waals surface area (Å²) in [6, 6.07) is 0.528. The zero-order valence-corrected chi connectivity index (χ0v) is 6.50. The van der Waals surface area contributed by atoms with Gasteiger partial charge < -0.3 is 5.73 Å². The molecule has 0 amide bonds. The lowest BCUT2D eigenvalue weighted by atomic mass is 10.3. The molecule has 0 aromatic rings. The van der Waals surface area contributed by atoms with E-state index in [0.29, 0.717) is 6.04 Å². The van der Waals surface area contributed by atoms with E-state index in [1.165, 1.54) is 17.9 Å². The first kappa shape index (κ1) is 6.43. The standard InChI is InChI=1S/C6H15NS/c1-8(2)4-3-6(7)5-8/h6H,3-5,7H2,1-2H3. The molecule has 0 saturated carbocycles. The van der Waals surface area contributed by atoms with Gasteiger partial charge in [0.25, 0.3) is 0 Å². The molecular weight excluding hydrogens is 118 g/mol. The van der Waals surface area contributed by atoms with Gasteiger partial charge in [-0.25, -0.2) is 10.0 Å². The molecule has 8 heavy (non-hydrogen) atoms. The van der Waals surface area contributed by atoms with Gasteiger partial charge in [-0.05, 0) is 30.4 Å². The maximum absolute atomic E-state index is 5.73. The summed E-state index contributed by atoms with van der Waals surface area (Å²) in [7, 11) is -0.220. The molecule has 0 bridgehead atoms. The number of hydrogen-bond donors (Lipinski definition) is 1. The van der Waals surface area contributed by atoms with Crippen molar-refractivity contribution >= 4 is 10.0 Å². The average Bonchev–Trinajstić information content (AvgIpc) is 1.82. The summed E-state index contributed by atoms with van der Waals surface area (Å²) < 4.78 is 0. The molecule has 1 aliphatic heterocycles. The van der Waals surface area contributed by atoms with E-state index in [2.05, 4.69) is 12.5 Å². The highest BCUT2D eigenvalue weighted by atomic mass is 32.3. The first-order valence-electron chi connectivity index (χ1n) is 3.04. The second-order valence-corrected chi connectivity index (χ2v) is 7.46. The maximum Gasteiger partial charge on any atom is 0.0122 e. The quantitative estimate of drug-likeness (QED) is 0.519.